The van der Waals surface area contributed by atoms with Crippen LogP contribution in [-0.2, 0) is 0 Å². The number of carboxylic acid groups (broad SMARTS) is 1. The van der Waals surface area contributed by atoms with Crippen molar-refractivity contribution >= 4 is 5.97 Å². The van der Waals surface area contributed by atoms with Crippen LogP contribution in [0.3, 0.4) is 0 Å². The third-order valence-corrected chi connectivity index (χ3v) is 1.55. The molecule has 0 fully saturated rings. The minimum atomic E-state index is -1.27. The highest BCUT2D eigenvalue weighted by Crippen LogP contribution is 2.27. The maximum Gasteiger partial charge on any atom is 0.358 e. The zero-order valence-electron chi connectivity index (χ0n) is 7.73. The van der Waals surface area contributed by atoms with Gasteiger partial charge in [0.1, 0.15) is 0 Å². The minimum absolute atomic E-state index is 0.152. The van der Waals surface area contributed by atoms with Crippen molar-refractivity contribution in [1.82, 2.24) is 4.98 Å². The van der Waals surface area contributed by atoms with E-state index >= 15 is 0 Å². The summed E-state index contributed by atoms with van der Waals surface area (Å²) in [6, 6.07) is 1.43. The van der Waals surface area contributed by atoms with Gasteiger partial charge in [-0.15, -0.1) is 0 Å². The molecule has 1 aromatic rings. The molecule has 0 amide bonds. The second kappa shape index (κ2) is 4.45. The van der Waals surface area contributed by atoms with Crippen LogP contribution in [-0.4, -0.2) is 27.8 Å². The van der Waals surface area contributed by atoms with Crippen molar-refractivity contribution in [3.05, 3.63) is 18.0 Å². The van der Waals surface area contributed by atoms with Gasteiger partial charge in [-0.3, -0.25) is 0 Å². The number of pyridine rings is 1. The Morgan fingerprint density at radius 1 is 1.64 bits per heavy atom. The van der Waals surface area contributed by atoms with Gasteiger partial charge < -0.3 is 14.9 Å². The normalized spacial score (nSPS) is 9.79. The van der Waals surface area contributed by atoms with Crippen molar-refractivity contribution in [2.45, 2.75) is 13.3 Å². The molecule has 0 atom stereocenters. The zero-order chi connectivity index (χ0) is 10.6. The molecule has 14 heavy (non-hydrogen) atoms. The van der Waals surface area contributed by atoms with Crippen LogP contribution in [0.5, 0.6) is 11.5 Å². The molecular weight excluding hydrogens is 186 g/mol. The zero-order valence-corrected chi connectivity index (χ0v) is 7.73. The van der Waals surface area contributed by atoms with E-state index in [4.69, 9.17) is 9.84 Å². The Hall–Kier alpha value is -1.78. The van der Waals surface area contributed by atoms with E-state index < -0.39 is 17.4 Å². The fraction of sp³-hybridized carbons (Fsp3) is 0.333. The fourth-order valence-corrected chi connectivity index (χ4v) is 0.921. The van der Waals surface area contributed by atoms with Crippen LogP contribution in [0.2, 0.25) is 0 Å². The molecule has 76 valence electrons. The summed E-state index contributed by atoms with van der Waals surface area (Å²) < 4.78 is 5.12. The Balaban J connectivity index is 2.95. The lowest BCUT2D eigenvalue weighted by Gasteiger charge is -2.07. The van der Waals surface area contributed by atoms with Gasteiger partial charge in [0.05, 0.1) is 6.61 Å². The number of aromatic nitrogens is 1. The van der Waals surface area contributed by atoms with Crippen molar-refractivity contribution in [3.63, 3.8) is 0 Å². The van der Waals surface area contributed by atoms with Crippen molar-refractivity contribution in [2.24, 2.45) is 0 Å². The van der Waals surface area contributed by atoms with Gasteiger partial charge in [-0.25, -0.2) is 9.78 Å². The molecule has 0 saturated carbocycles. The number of hydrogen-bond acceptors (Lipinski definition) is 4. The molecule has 0 radical (unpaired) electrons. The van der Waals surface area contributed by atoms with E-state index in [0.717, 1.165) is 6.42 Å². The van der Waals surface area contributed by atoms with Gasteiger partial charge in [-0.1, -0.05) is 6.92 Å². The molecule has 0 saturated heterocycles. The summed E-state index contributed by atoms with van der Waals surface area (Å²) in [6.45, 7) is 2.34. The minimum Gasteiger partial charge on any atom is -0.503 e. The van der Waals surface area contributed by atoms with Gasteiger partial charge in [-0.2, -0.15) is 0 Å². The second-order valence-corrected chi connectivity index (χ2v) is 2.66. The quantitative estimate of drug-likeness (QED) is 0.759. The van der Waals surface area contributed by atoms with E-state index in [9.17, 15) is 9.90 Å². The van der Waals surface area contributed by atoms with Gasteiger partial charge >= 0.3 is 5.97 Å². The Morgan fingerprint density at radius 2 is 2.36 bits per heavy atom. The SMILES string of the molecule is CCCOc1ccnc(C(=O)O)c1O. The van der Waals surface area contributed by atoms with E-state index in [0.29, 0.717) is 6.61 Å². The molecule has 5 nitrogen and oxygen atoms in total. The van der Waals surface area contributed by atoms with Gasteiger partial charge in [0.2, 0.25) is 0 Å². The maximum absolute atomic E-state index is 10.6. The number of rotatable bonds is 4. The average molecular weight is 197 g/mol. The predicted molar refractivity (Wildman–Crippen MR) is 48.6 cm³/mol. The predicted octanol–water partition coefficient (Wildman–Crippen LogP) is 1.27. The van der Waals surface area contributed by atoms with Crippen LogP contribution in [0.1, 0.15) is 23.8 Å². The standard InChI is InChI=1S/C9H11NO4/c1-2-5-14-6-3-4-10-7(8(6)11)9(12)13/h3-4,11H,2,5H2,1H3,(H,12,13). The monoisotopic (exact) mass is 197 g/mol. The molecule has 0 bridgehead atoms. The maximum atomic E-state index is 10.6. The van der Waals surface area contributed by atoms with Gasteiger partial charge in [0.25, 0.3) is 0 Å². The highest BCUT2D eigenvalue weighted by molar-refractivity contribution is 5.89. The first-order chi connectivity index (χ1) is 6.66. The summed E-state index contributed by atoms with van der Waals surface area (Å²) in [6.07, 6.45) is 2.07. The highest BCUT2D eigenvalue weighted by Gasteiger charge is 2.15. The summed E-state index contributed by atoms with van der Waals surface area (Å²) in [7, 11) is 0. The Morgan fingerprint density at radius 3 is 2.93 bits per heavy atom. The van der Waals surface area contributed by atoms with Crippen molar-refractivity contribution in [3.8, 4) is 11.5 Å². The summed E-state index contributed by atoms with van der Waals surface area (Å²) in [4.78, 5) is 14.1. The van der Waals surface area contributed by atoms with Crippen LogP contribution < -0.4 is 4.74 Å². The van der Waals surface area contributed by atoms with Crippen LogP contribution in [0.25, 0.3) is 0 Å². The van der Waals surface area contributed by atoms with E-state index in [1.807, 2.05) is 6.92 Å². The third kappa shape index (κ3) is 2.12. The number of aromatic carboxylic acids is 1. The molecule has 0 aliphatic rings. The van der Waals surface area contributed by atoms with Crippen LogP contribution >= 0.6 is 0 Å². The number of carbonyl (C=O) groups is 1. The first-order valence-electron chi connectivity index (χ1n) is 4.21. The summed E-state index contributed by atoms with van der Waals surface area (Å²) >= 11 is 0. The summed E-state index contributed by atoms with van der Waals surface area (Å²) in [5, 5.41) is 18.1. The first-order valence-corrected chi connectivity index (χ1v) is 4.21. The lowest BCUT2D eigenvalue weighted by atomic mass is 10.3. The van der Waals surface area contributed by atoms with E-state index in [1.54, 1.807) is 0 Å². The molecule has 1 rings (SSSR count). The molecule has 1 aromatic heterocycles. The number of aromatic hydroxyl groups is 1. The largest absolute Gasteiger partial charge is 0.503 e. The molecule has 0 aliphatic heterocycles. The highest BCUT2D eigenvalue weighted by atomic mass is 16.5. The van der Waals surface area contributed by atoms with Gasteiger partial charge in [-0.05, 0) is 6.42 Å². The van der Waals surface area contributed by atoms with Crippen LogP contribution in [0, 0.1) is 0 Å². The second-order valence-electron chi connectivity index (χ2n) is 2.66. The number of ether oxygens (including phenoxy) is 1. The van der Waals surface area contributed by atoms with Crippen molar-refractivity contribution in [1.29, 1.82) is 0 Å². The first kappa shape index (κ1) is 10.3. The Bertz CT molecular complexity index is 338. The average Bonchev–Trinajstić information content (AvgIpc) is 2.16. The van der Waals surface area contributed by atoms with Gasteiger partial charge in [0.15, 0.2) is 17.2 Å². The lowest BCUT2D eigenvalue weighted by molar-refractivity contribution is 0.0686. The fourth-order valence-electron chi connectivity index (χ4n) is 0.921. The molecule has 0 aliphatic carbocycles. The van der Waals surface area contributed by atoms with Crippen LogP contribution in [0.4, 0.5) is 0 Å². The number of carboxylic acids is 1. The smallest absolute Gasteiger partial charge is 0.358 e. The van der Waals surface area contributed by atoms with E-state index in [-0.39, 0.29) is 5.75 Å². The Labute approximate surface area is 81.0 Å². The number of nitrogens with zero attached hydrogens (tertiary/aromatic N) is 1. The van der Waals surface area contributed by atoms with Crippen molar-refractivity contribution in [2.75, 3.05) is 6.61 Å². The van der Waals surface area contributed by atoms with Crippen LogP contribution in [0.15, 0.2) is 12.3 Å². The van der Waals surface area contributed by atoms with Crippen molar-refractivity contribution < 1.29 is 19.7 Å². The number of hydrogen-bond donors (Lipinski definition) is 2. The topological polar surface area (TPSA) is 79.7 Å². The van der Waals surface area contributed by atoms with E-state index in [1.165, 1.54) is 12.3 Å². The Kier molecular flexibility index (Phi) is 3.28. The van der Waals surface area contributed by atoms with E-state index in [2.05, 4.69) is 4.98 Å². The van der Waals surface area contributed by atoms with Gasteiger partial charge in [0, 0.05) is 12.3 Å². The molecule has 0 aromatic carbocycles. The summed E-state index contributed by atoms with van der Waals surface area (Å²) in [5.41, 5.74) is -0.390. The lowest BCUT2D eigenvalue weighted by Crippen LogP contribution is -2.03. The molecule has 2 N–H and O–H groups in total. The molecule has 0 unspecified atom stereocenters. The molecule has 0 spiro atoms. The summed E-state index contributed by atoms with van der Waals surface area (Å²) in [5.74, 6) is -1.54. The molecular formula is C9H11NO4. The third-order valence-electron chi connectivity index (χ3n) is 1.55. The molecule has 1 heterocycles. The molecule has 5 heteroatoms.